The van der Waals surface area contributed by atoms with Gasteiger partial charge in [-0.2, -0.15) is 13.2 Å². The molecule has 2 aliphatic rings. The van der Waals surface area contributed by atoms with E-state index in [1.54, 1.807) is 4.90 Å². The predicted octanol–water partition coefficient (Wildman–Crippen LogP) is 4.58. The highest BCUT2D eigenvalue weighted by Crippen LogP contribution is 2.32. The molecule has 33 heavy (non-hydrogen) atoms. The van der Waals surface area contributed by atoms with E-state index in [2.05, 4.69) is 15.5 Å². The Hall–Kier alpha value is -2.29. The van der Waals surface area contributed by atoms with Crippen molar-refractivity contribution in [3.8, 4) is 0 Å². The van der Waals surface area contributed by atoms with Gasteiger partial charge in [-0.05, 0) is 62.4 Å². The second-order valence-corrected chi connectivity index (χ2v) is 9.13. The number of likely N-dealkylation sites (tertiary alicyclic amines) is 2. The summed E-state index contributed by atoms with van der Waals surface area (Å²) in [5.41, 5.74) is -0.671. The molecule has 6 nitrogen and oxygen atoms in total. The smallest absolute Gasteiger partial charge is 0.355 e. The quantitative estimate of drug-likeness (QED) is 0.616. The lowest BCUT2D eigenvalue weighted by atomic mass is 9.81. The van der Waals surface area contributed by atoms with Gasteiger partial charge >= 0.3 is 12.2 Å². The van der Waals surface area contributed by atoms with Crippen LogP contribution >= 0.6 is 0 Å². The molecule has 2 atom stereocenters. The molecule has 184 valence electrons. The first-order valence-electron chi connectivity index (χ1n) is 12.0. The number of alkyl halides is 3. The fraction of sp³-hybridized carbons (Fsp3) is 0.667. The predicted molar refractivity (Wildman–Crippen MR) is 122 cm³/mol. The van der Waals surface area contributed by atoms with E-state index in [1.165, 1.54) is 31.4 Å². The van der Waals surface area contributed by atoms with E-state index in [0.717, 1.165) is 38.2 Å². The molecule has 1 aromatic rings. The maximum atomic E-state index is 12.9. The number of amides is 3. The van der Waals surface area contributed by atoms with Gasteiger partial charge in [0, 0.05) is 38.3 Å². The molecule has 2 saturated heterocycles. The maximum Gasteiger partial charge on any atom is 0.416 e. The van der Waals surface area contributed by atoms with Crippen molar-refractivity contribution >= 4 is 17.6 Å². The van der Waals surface area contributed by atoms with Crippen molar-refractivity contribution in [1.29, 1.82) is 0 Å². The van der Waals surface area contributed by atoms with Crippen LogP contribution in [0.25, 0.3) is 0 Å². The summed E-state index contributed by atoms with van der Waals surface area (Å²) in [7, 11) is 0. The van der Waals surface area contributed by atoms with Crippen LogP contribution in [0.2, 0.25) is 0 Å². The molecule has 0 aliphatic carbocycles. The zero-order valence-corrected chi connectivity index (χ0v) is 19.3. The number of hydrogen-bond acceptors (Lipinski definition) is 3. The number of anilines is 1. The third-order valence-electron chi connectivity index (χ3n) is 6.79. The second-order valence-electron chi connectivity index (χ2n) is 9.13. The first-order valence-corrected chi connectivity index (χ1v) is 12.0. The van der Waals surface area contributed by atoms with Gasteiger partial charge in [-0.1, -0.05) is 25.8 Å². The lowest BCUT2D eigenvalue weighted by molar-refractivity contribution is -0.137. The standard InChI is InChI=1S/C24H35F3N4O2/c1-2-18-17-31(23(33)29-21-8-6-7-20(16-21)24(25,26)27)13-9-19(18)15-22(32)28-10-14-30-11-4-3-5-12-30/h6-8,16,18-19H,2-5,9-15,17H2,1H3,(H,28,32)(H,29,33)/t18-,19+/m1/s1. The van der Waals surface area contributed by atoms with Crippen molar-refractivity contribution in [2.75, 3.05) is 44.6 Å². The second kappa shape index (κ2) is 11.7. The molecule has 0 aromatic heterocycles. The number of hydrogen-bond donors (Lipinski definition) is 2. The molecule has 3 rings (SSSR count). The fourth-order valence-corrected chi connectivity index (χ4v) is 4.82. The van der Waals surface area contributed by atoms with Gasteiger partial charge in [0.25, 0.3) is 0 Å². The molecular formula is C24H35F3N4O2. The molecule has 1 aromatic carbocycles. The number of benzene rings is 1. The highest BCUT2D eigenvalue weighted by atomic mass is 19.4. The molecule has 2 fully saturated rings. The van der Waals surface area contributed by atoms with Gasteiger partial charge in [0.1, 0.15) is 0 Å². The average Bonchev–Trinajstić information content (AvgIpc) is 2.79. The first kappa shape index (κ1) is 25.3. The van der Waals surface area contributed by atoms with Crippen LogP contribution in [0, 0.1) is 11.8 Å². The van der Waals surface area contributed by atoms with Gasteiger partial charge in [-0.3, -0.25) is 4.79 Å². The molecule has 0 unspecified atom stereocenters. The Morgan fingerprint density at radius 2 is 1.85 bits per heavy atom. The number of halogens is 3. The number of nitrogens with zero attached hydrogens (tertiary/aromatic N) is 2. The summed E-state index contributed by atoms with van der Waals surface area (Å²) in [6.45, 7) is 6.77. The zero-order valence-electron chi connectivity index (χ0n) is 19.3. The van der Waals surface area contributed by atoms with E-state index in [9.17, 15) is 22.8 Å². The van der Waals surface area contributed by atoms with Crippen LogP contribution in [0.1, 0.15) is 51.0 Å². The molecule has 0 spiro atoms. The van der Waals surface area contributed by atoms with Crippen LogP contribution in [0.5, 0.6) is 0 Å². The van der Waals surface area contributed by atoms with Crippen LogP contribution in [0.3, 0.4) is 0 Å². The Balaban J connectivity index is 1.45. The third kappa shape index (κ3) is 7.62. The minimum Gasteiger partial charge on any atom is -0.355 e. The van der Waals surface area contributed by atoms with E-state index in [0.29, 0.717) is 32.5 Å². The number of carbonyl (C=O) groups excluding carboxylic acids is 2. The normalized spacial score (nSPS) is 22.1. The first-order chi connectivity index (χ1) is 15.8. The lowest BCUT2D eigenvalue weighted by Crippen LogP contribution is -2.46. The monoisotopic (exact) mass is 468 g/mol. The average molecular weight is 469 g/mol. The van der Waals surface area contributed by atoms with Crippen molar-refractivity contribution in [3.05, 3.63) is 29.8 Å². The van der Waals surface area contributed by atoms with Gasteiger partial charge in [0.2, 0.25) is 5.91 Å². The number of piperidine rings is 2. The Bertz CT molecular complexity index is 796. The van der Waals surface area contributed by atoms with Crippen molar-refractivity contribution in [2.45, 2.75) is 51.6 Å². The summed E-state index contributed by atoms with van der Waals surface area (Å²) in [6.07, 6.45) is 1.27. The summed E-state index contributed by atoms with van der Waals surface area (Å²) in [5, 5.41) is 5.63. The molecular weight excluding hydrogens is 433 g/mol. The van der Waals surface area contributed by atoms with Crippen molar-refractivity contribution in [2.24, 2.45) is 11.8 Å². The fourth-order valence-electron chi connectivity index (χ4n) is 4.82. The van der Waals surface area contributed by atoms with Crippen molar-refractivity contribution < 1.29 is 22.8 Å². The van der Waals surface area contributed by atoms with Crippen LogP contribution in [0.4, 0.5) is 23.7 Å². The van der Waals surface area contributed by atoms with Gasteiger partial charge in [-0.25, -0.2) is 4.79 Å². The van der Waals surface area contributed by atoms with E-state index < -0.39 is 17.8 Å². The molecule has 0 radical (unpaired) electrons. The van der Waals surface area contributed by atoms with Crippen molar-refractivity contribution in [3.63, 3.8) is 0 Å². The van der Waals surface area contributed by atoms with Gasteiger partial charge < -0.3 is 20.4 Å². The Morgan fingerprint density at radius 3 is 2.55 bits per heavy atom. The number of rotatable bonds is 7. The Kier molecular flexibility index (Phi) is 9.00. The maximum absolute atomic E-state index is 12.9. The Morgan fingerprint density at radius 1 is 1.09 bits per heavy atom. The summed E-state index contributed by atoms with van der Waals surface area (Å²) in [6, 6.07) is 4.24. The molecule has 2 aliphatic heterocycles. The summed E-state index contributed by atoms with van der Waals surface area (Å²) in [5.74, 6) is 0.429. The summed E-state index contributed by atoms with van der Waals surface area (Å²) < 4.78 is 38.8. The van der Waals surface area contributed by atoms with Gasteiger partial charge in [0.05, 0.1) is 5.56 Å². The molecule has 0 saturated carbocycles. The number of carbonyl (C=O) groups is 2. The van der Waals surface area contributed by atoms with E-state index in [1.807, 2.05) is 6.92 Å². The van der Waals surface area contributed by atoms with Crippen LogP contribution in [0.15, 0.2) is 24.3 Å². The molecule has 2 heterocycles. The number of urea groups is 1. The minimum absolute atomic E-state index is 0.0531. The molecule has 3 amide bonds. The molecule has 2 N–H and O–H groups in total. The number of nitrogens with one attached hydrogen (secondary N) is 2. The third-order valence-corrected chi connectivity index (χ3v) is 6.79. The summed E-state index contributed by atoms with van der Waals surface area (Å²) >= 11 is 0. The van der Waals surface area contributed by atoms with Crippen LogP contribution in [-0.2, 0) is 11.0 Å². The van der Waals surface area contributed by atoms with Crippen LogP contribution in [-0.4, -0.2) is 61.0 Å². The van der Waals surface area contributed by atoms with Crippen molar-refractivity contribution in [1.82, 2.24) is 15.1 Å². The lowest BCUT2D eigenvalue weighted by Gasteiger charge is -2.38. The van der Waals surface area contributed by atoms with Gasteiger partial charge in [-0.15, -0.1) is 0 Å². The summed E-state index contributed by atoms with van der Waals surface area (Å²) in [4.78, 5) is 29.2. The highest BCUT2D eigenvalue weighted by Gasteiger charge is 2.33. The van der Waals surface area contributed by atoms with E-state index >= 15 is 0 Å². The van der Waals surface area contributed by atoms with Gasteiger partial charge in [0.15, 0.2) is 0 Å². The zero-order chi connectivity index (χ0) is 23.8. The molecule has 0 bridgehead atoms. The van der Waals surface area contributed by atoms with E-state index in [-0.39, 0.29) is 23.4 Å². The molecule has 9 heteroatoms. The van der Waals surface area contributed by atoms with E-state index in [4.69, 9.17) is 0 Å². The van der Waals surface area contributed by atoms with Crippen LogP contribution < -0.4 is 10.6 Å². The SMILES string of the molecule is CC[C@@H]1CN(C(=O)Nc2cccc(C(F)(F)F)c2)CC[C@H]1CC(=O)NCCN1CCCCC1. The highest BCUT2D eigenvalue weighted by molar-refractivity contribution is 5.89. The Labute approximate surface area is 193 Å². The largest absolute Gasteiger partial charge is 0.416 e. The minimum atomic E-state index is -4.46. The topological polar surface area (TPSA) is 64.7 Å².